The van der Waals surface area contributed by atoms with Crippen LogP contribution >= 0.6 is 11.6 Å². The van der Waals surface area contributed by atoms with Crippen molar-refractivity contribution in [3.63, 3.8) is 0 Å². The predicted octanol–water partition coefficient (Wildman–Crippen LogP) is 4.62. The first-order valence-electron chi connectivity index (χ1n) is 11.0. The summed E-state index contributed by atoms with van der Waals surface area (Å²) in [5, 5.41) is 5.28. The van der Waals surface area contributed by atoms with Crippen molar-refractivity contribution in [1.82, 2.24) is 14.7 Å². The van der Waals surface area contributed by atoms with Crippen molar-refractivity contribution in [2.24, 2.45) is 5.92 Å². The van der Waals surface area contributed by atoms with Gasteiger partial charge in [-0.1, -0.05) is 17.7 Å². The second-order valence-corrected chi connectivity index (χ2v) is 8.29. The zero-order chi connectivity index (χ0) is 23.4. The van der Waals surface area contributed by atoms with Gasteiger partial charge < -0.3 is 14.4 Å². The Balaban J connectivity index is 1.64. The summed E-state index contributed by atoms with van der Waals surface area (Å²) < 4.78 is 12.0. The van der Waals surface area contributed by atoms with Gasteiger partial charge in [-0.2, -0.15) is 5.10 Å². The van der Waals surface area contributed by atoms with Crippen LogP contribution in [-0.2, 0) is 9.53 Å². The average molecular weight is 468 g/mol. The summed E-state index contributed by atoms with van der Waals surface area (Å²) >= 11 is 6.21. The molecule has 0 saturated carbocycles. The molecule has 0 radical (unpaired) electrons. The van der Waals surface area contributed by atoms with E-state index in [0.717, 1.165) is 11.3 Å². The van der Waals surface area contributed by atoms with Gasteiger partial charge in [0.1, 0.15) is 11.4 Å². The highest BCUT2D eigenvalue weighted by Gasteiger charge is 2.30. The van der Waals surface area contributed by atoms with E-state index in [1.165, 1.54) is 0 Å². The van der Waals surface area contributed by atoms with Gasteiger partial charge in [0.25, 0.3) is 5.91 Å². The van der Waals surface area contributed by atoms with Gasteiger partial charge in [-0.05, 0) is 68.3 Å². The molecule has 7 nitrogen and oxygen atoms in total. The number of hydrogen-bond donors (Lipinski definition) is 0. The van der Waals surface area contributed by atoms with E-state index in [1.54, 1.807) is 41.8 Å². The minimum Gasteiger partial charge on any atom is -0.497 e. The van der Waals surface area contributed by atoms with Crippen LogP contribution in [0, 0.1) is 5.92 Å². The van der Waals surface area contributed by atoms with Crippen molar-refractivity contribution in [2.75, 3.05) is 26.8 Å². The summed E-state index contributed by atoms with van der Waals surface area (Å²) in [6.45, 7) is 3.14. The zero-order valence-corrected chi connectivity index (χ0v) is 19.4. The number of methoxy groups -OCH3 is 1. The molecule has 33 heavy (non-hydrogen) atoms. The van der Waals surface area contributed by atoms with Gasteiger partial charge in [0, 0.05) is 23.7 Å². The second kappa shape index (κ2) is 10.1. The summed E-state index contributed by atoms with van der Waals surface area (Å²) in [5.74, 6) is 0.260. The highest BCUT2D eigenvalue weighted by molar-refractivity contribution is 6.30. The normalized spacial score (nSPS) is 14.2. The van der Waals surface area contributed by atoms with Gasteiger partial charge in [-0.25, -0.2) is 4.68 Å². The molecule has 0 aliphatic carbocycles. The van der Waals surface area contributed by atoms with E-state index >= 15 is 0 Å². The molecule has 0 bridgehead atoms. The number of amides is 1. The summed E-state index contributed by atoms with van der Waals surface area (Å²) in [6.07, 6.45) is 1.17. The molecule has 1 amide bonds. The van der Waals surface area contributed by atoms with Gasteiger partial charge in [0.05, 0.1) is 31.0 Å². The Kier molecular flexibility index (Phi) is 6.99. The summed E-state index contributed by atoms with van der Waals surface area (Å²) in [6, 6.07) is 16.6. The first kappa shape index (κ1) is 22.9. The molecule has 1 saturated heterocycles. The van der Waals surface area contributed by atoms with Crippen LogP contribution in [-0.4, -0.2) is 53.4 Å². The van der Waals surface area contributed by atoms with E-state index in [1.807, 2.05) is 36.4 Å². The zero-order valence-electron chi connectivity index (χ0n) is 18.7. The fourth-order valence-corrected chi connectivity index (χ4v) is 4.17. The van der Waals surface area contributed by atoms with E-state index in [4.69, 9.17) is 26.2 Å². The molecule has 4 rings (SSSR count). The summed E-state index contributed by atoms with van der Waals surface area (Å²) in [7, 11) is 1.62. The second-order valence-electron chi connectivity index (χ2n) is 7.85. The Morgan fingerprint density at radius 2 is 1.82 bits per heavy atom. The van der Waals surface area contributed by atoms with E-state index in [2.05, 4.69) is 0 Å². The number of benzene rings is 2. The lowest BCUT2D eigenvalue weighted by atomic mass is 9.97. The Morgan fingerprint density at radius 3 is 2.45 bits per heavy atom. The number of likely N-dealkylation sites (tertiary alicyclic amines) is 1. The first-order valence-corrected chi connectivity index (χ1v) is 11.3. The van der Waals surface area contributed by atoms with Crippen LogP contribution in [0.15, 0.2) is 54.6 Å². The molecular formula is C25H26ClN3O4. The standard InChI is InChI=1S/C25H26ClN3O4/c1-3-33-25(31)18-11-13-28(14-12-18)24(30)23-16-22(17-7-9-21(32-2)10-8-17)27-29(23)20-6-4-5-19(26)15-20/h4-10,15-16,18H,3,11-14H2,1-2H3. The number of carbonyl (C=O) groups excluding carboxylic acids is 2. The maximum absolute atomic E-state index is 13.5. The number of ether oxygens (including phenoxy) is 2. The molecule has 0 unspecified atom stereocenters. The molecule has 0 spiro atoms. The number of nitrogens with zero attached hydrogens (tertiary/aromatic N) is 3. The van der Waals surface area contributed by atoms with Crippen molar-refractivity contribution in [3.05, 3.63) is 65.3 Å². The maximum Gasteiger partial charge on any atom is 0.309 e. The monoisotopic (exact) mass is 467 g/mol. The largest absolute Gasteiger partial charge is 0.497 e. The van der Waals surface area contributed by atoms with E-state index in [-0.39, 0.29) is 17.8 Å². The molecular weight excluding hydrogens is 442 g/mol. The van der Waals surface area contributed by atoms with Gasteiger partial charge >= 0.3 is 5.97 Å². The number of carbonyl (C=O) groups is 2. The number of piperidine rings is 1. The van der Waals surface area contributed by atoms with Crippen molar-refractivity contribution >= 4 is 23.5 Å². The van der Waals surface area contributed by atoms with Crippen LogP contribution in [0.25, 0.3) is 16.9 Å². The number of hydrogen-bond acceptors (Lipinski definition) is 5. The van der Waals surface area contributed by atoms with Crippen molar-refractivity contribution in [3.8, 4) is 22.7 Å². The van der Waals surface area contributed by atoms with Gasteiger partial charge in [0.2, 0.25) is 0 Å². The first-order chi connectivity index (χ1) is 16.0. The molecule has 1 fully saturated rings. The van der Waals surface area contributed by atoms with Gasteiger partial charge in [-0.15, -0.1) is 0 Å². The fourth-order valence-electron chi connectivity index (χ4n) is 3.98. The van der Waals surface area contributed by atoms with Crippen molar-refractivity contribution in [1.29, 1.82) is 0 Å². The third-order valence-electron chi connectivity index (χ3n) is 5.77. The topological polar surface area (TPSA) is 73.7 Å². The number of rotatable bonds is 6. The van der Waals surface area contributed by atoms with Crippen molar-refractivity contribution < 1.29 is 19.1 Å². The smallest absolute Gasteiger partial charge is 0.309 e. The molecule has 8 heteroatoms. The fraction of sp³-hybridized carbons (Fsp3) is 0.320. The lowest BCUT2D eigenvalue weighted by molar-refractivity contribution is -0.149. The van der Waals surface area contributed by atoms with Crippen molar-refractivity contribution in [2.45, 2.75) is 19.8 Å². The molecule has 3 aromatic rings. The van der Waals surface area contributed by atoms with Crippen LogP contribution in [0.2, 0.25) is 5.02 Å². The van der Waals surface area contributed by atoms with E-state index in [9.17, 15) is 9.59 Å². The Bertz CT molecular complexity index is 1130. The lowest BCUT2D eigenvalue weighted by Gasteiger charge is -2.30. The lowest BCUT2D eigenvalue weighted by Crippen LogP contribution is -2.41. The van der Waals surface area contributed by atoms with Crippen LogP contribution in [0.4, 0.5) is 0 Å². The van der Waals surface area contributed by atoms with Crippen LogP contribution in [0.3, 0.4) is 0 Å². The summed E-state index contributed by atoms with van der Waals surface area (Å²) in [5.41, 5.74) is 2.68. The van der Waals surface area contributed by atoms with Crippen LogP contribution < -0.4 is 4.74 Å². The highest BCUT2D eigenvalue weighted by Crippen LogP contribution is 2.27. The average Bonchev–Trinajstić information content (AvgIpc) is 3.29. The predicted molar refractivity (Wildman–Crippen MR) is 126 cm³/mol. The minimum absolute atomic E-state index is 0.135. The number of esters is 1. The minimum atomic E-state index is -0.185. The molecule has 0 N–H and O–H groups in total. The molecule has 2 aromatic carbocycles. The third-order valence-corrected chi connectivity index (χ3v) is 6.00. The molecule has 1 aromatic heterocycles. The van der Waals surface area contributed by atoms with Gasteiger partial charge in [-0.3, -0.25) is 9.59 Å². The van der Waals surface area contributed by atoms with Crippen LogP contribution in [0.5, 0.6) is 5.75 Å². The Morgan fingerprint density at radius 1 is 1.09 bits per heavy atom. The van der Waals surface area contributed by atoms with Crippen LogP contribution in [0.1, 0.15) is 30.3 Å². The SMILES string of the molecule is CCOC(=O)C1CCN(C(=O)c2cc(-c3ccc(OC)cc3)nn2-c2cccc(Cl)c2)CC1. The molecule has 0 atom stereocenters. The van der Waals surface area contributed by atoms with E-state index < -0.39 is 0 Å². The Hall–Kier alpha value is -3.32. The van der Waals surface area contributed by atoms with E-state index in [0.29, 0.717) is 54.6 Å². The quantitative estimate of drug-likeness (QED) is 0.495. The molecule has 2 heterocycles. The highest BCUT2D eigenvalue weighted by atomic mass is 35.5. The molecule has 172 valence electrons. The third kappa shape index (κ3) is 5.03. The maximum atomic E-state index is 13.5. The summed E-state index contributed by atoms with van der Waals surface area (Å²) in [4.78, 5) is 27.4. The van der Waals surface area contributed by atoms with Gasteiger partial charge in [0.15, 0.2) is 0 Å². The molecule has 1 aliphatic heterocycles. The number of halogens is 1. The Labute approximate surface area is 197 Å². The molecule has 1 aliphatic rings. The number of aromatic nitrogens is 2.